The maximum atomic E-state index is 12.9. The van der Waals surface area contributed by atoms with Gasteiger partial charge in [0.25, 0.3) is 0 Å². The van der Waals surface area contributed by atoms with Crippen LogP contribution in [-0.4, -0.2) is 38.8 Å². The lowest BCUT2D eigenvalue weighted by atomic mass is 10.1. The fourth-order valence-corrected chi connectivity index (χ4v) is 4.85. The summed E-state index contributed by atoms with van der Waals surface area (Å²) in [4.78, 5) is 12.5. The molecule has 150 valence electrons. The van der Waals surface area contributed by atoms with E-state index in [-0.39, 0.29) is 17.7 Å². The van der Waals surface area contributed by atoms with E-state index in [2.05, 4.69) is 5.32 Å². The number of amides is 1. The number of hydrogen-bond donors (Lipinski definition) is 2. The van der Waals surface area contributed by atoms with Crippen molar-refractivity contribution in [2.75, 3.05) is 12.4 Å². The van der Waals surface area contributed by atoms with Gasteiger partial charge in [0, 0.05) is 5.56 Å². The molecule has 3 rings (SSSR count). The molecule has 1 heterocycles. The monoisotopic (exact) mass is 402 g/mol. The van der Waals surface area contributed by atoms with Crippen molar-refractivity contribution in [2.24, 2.45) is 5.73 Å². The van der Waals surface area contributed by atoms with Crippen molar-refractivity contribution in [3.8, 4) is 16.9 Å². The number of benzene rings is 2. The summed E-state index contributed by atoms with van der Waals surface area (Å²) in [6.45, 7) is 2.15. The van der Waals surface area contributed by atoms with Crippen LogP contribution in [0.2, 0.25) is 0 Å². The van der Waals surface area contributed by atoms with Gasteiger partial charge < -0.3 is 15.8 Å². The van der Waals surface area contributed by atoms with Crippen molar-refractivity contribution in [1.82, 2.24) is 5.32 Å². The zero-order valence-corrected chi connectivity index (χ0v) is 16.7. The summed E-state index contributed by atoms with van der Waals surface area (Å²) in [6, 6.07) is 13.5. The zero-order chi connectivity index (χ0) is 20.1. The quantitative estimate of drug-likeness (QED) is 0.706. The van der Waals surface area contributed by atoms with Crippen molar-refractivity contribution in [2.45, 2.75) is 43.2 Å². The van der Waals surface area contributed by atoms with Gasteiger partial charge in [0.05, 0.1) is 22.7 Å². The van der Waals surface area contributed by atoms with E-state index in [0.717, 1.165) is 5.56 Å². The Labute approximate surface area is 166 Å². The molecule has 7 heteroatoms. The Balaban J connectivity index is 1.98. The molecule has 1 amide bonds. The van der Waals surface area contributed by atoms with Crippen molar-refractivity contribution in [1.29, 1.82) is 0 Å². The van der Waals surface area contributed by atoms with Gasteiger partial charge in [-0.3, -0.25) is 4.79 Å². The minimum absolute atomic E-state index is 0.0188. The first-order valence-corrected chi connectivity index (χ1v) is 11.1. The summed E-state index contributed by atoms with van der Waals surface area (Å²) in [7, 11) is -3.46. The molecule has 1 aliphatic heterocycles. The van der Waals surface area contributed by atoms with Gasteiger partial charge in [-0.05, 0) is 43.5 Å². The number of sulfone groups is 1. The SMILES string of the molecule is C[C@@H]1COc2cccc(c2)-c2ccccc2S(=O)(=O)CCCC[C@H](N)C(=O)N1. The molecule has 2 bridgehead atoms. The molecule has 1 aliphatic rings. The summed E-state index contributed by atoms with van der Waals surface area (Å²) >= 11 is 0. The van der Waals surface area contributed by atoms with Crippen LogP contribution in [0.25, 0.3) is 11.1 Å². The highest BCUT2D eigenvalue weighted by molar-refractivity contribution is 7.91. The molecule has 0 radical (unpaired) electrons. The smallest absolute Gasteiger partial charge is 0.237 e. The second-order valence-corrected chi connectivity index (χ2v) is 9.24. The Kier molecular flexibility index (Phi) is 6.36. The molecule has 2 aromatic carbocycles. The highest BCUT2D eigenvalue weighted by atomic mass is 32.2. The molecule has 0 fully saturated rings. The van der Waals surface area contributed by atoms with Gasteiger partial charge >= 0.3 is 0 Å². The van der Waals surface area contributed by atoms with E-state index in [0.29, 0.717) is 42.1 Å². The maximum Gasteiger partial charge on any atom is 0.237 e. The van der Waals surface area contributed by atoms with E-state index < -0.39 is 15.9 Å². The van der Waals surface area contributed by atoms with Gasteiger partial charge in [0.2, 0.25) is 5.91 Å². The standard InChI is InChI=1S/C21H26N2O4S/c1-15-14-27-17-8-6-7-16(13-17)18-9-2-3-11-20(18)28(25,26)12-5-4-10-19(22)21(24)23-15/h2-3,6-9,11,13,15,19H,4-5,10,12,14,22H2,1H3,(H,23,24)/t15-,19+/m1/s1. The van der Waals surface area contributed by atoms with Gasteiger partial charge in [0.15, 0.2) is 9.84 Å². The largest absolute Gasteiger partial charge is 0.491 e. The van der Waals surface area contributed by atoms with Gasteiger partial charge in [-0.25, -0.2) is 8.42 Å². The molecule has 3 N–H and O–H groups in total. The van der Waals surface area contributed by atoms with Crippen LogP contribution in [0.1, 0.15) is 26.2 Å². The highest BCUT2D eigenvalue weighted by Crippen LogP contribution is 2.31. The first-order chi connectivity index (χ1) is 13.4. The average Bonchev–Trinajstić information content (AvgIpc) is 2.69. The van der Waals surface area contributed by atoms with E-state index in [1.165, 1.54) is 0 Å². The fourth-order valence-electron chi connectivity index (χ4n) is 3.24. The molecule has 0 unspecified atom stereocenters. The number of hydrogen-bond acceptors (Lipinski definition) is 5. The summed E-state index contributed by atoms with van der Waals surface area (Å²) in [5.74, 6) is 0.387. The van der Waals surface area contributed by atoms with Crippen LogP contribution in [0.5, 0.6) is 5.75 Å². The number of fused-ring (bicyclic) bond motifs is 4. The lowest BCUT2D eigenvalue weighted by Crippen LogP contribution is -2.46. The molecule has 28 heavy (non-hydrogen) atoms. The zero-order valence-electron chi connectivity index (χ0n) is 15.9. The Morgan fingerprint density at radius 3 is 2.71 bits per heavy atom. The van der Waals surface area contributed by atoms with Crippen molar-refractivity contribution in [3.05, 3.63) is 48.5 Å². The van der Waals surface area contributed by atoms with E-state index in [4.69, 9.17) is 10.5 Å². The van der Waals surface area contributed by atoms with Crippen molar-refractivity contribution < 1.29 is 17.9 Å². The van der Waals surface area contributed by atoms with Crippen LogP contribution in [0.15, 0.2) is 53.4 Å². The Hall–Kier alpha value is -2.38. The predicted molar refractivity (Wildman–Crippen MR) is 109 cm³/mol. The van der Waals surface area contributed by atoms with Crippen molar-refractivity contribution >= 4 is 15.7 Å². The van der Waals surface area contributed by atoms with E-state index in [1.54, 1.807) is 12.1 Å². The van der Waals surface area contributed by atoms with Crippen LogP contribution < -0.4 is 15.8 Å². The normalized spacial score (nSPS) is 23.1. The predicted octanol–water partition coefficient (Wildman–Crippen LogP) is 2.52. The molecule has 2 aromatic rings. The van der Waals surface area contributed by atoms with Crippen LogP contribution in [0.3, 0.4) is 0 Å². The minimum atomic E-state index is -3.46. The third kappa shape index (κ3) is 4.91. The molecular weight excluding hydrogens is 376 g/mol. The molecule has 0 aliphatic carbocycles. The van der Waals surface area contributed by atoms with E-state index >= 15 is 0 Å². The number of carbonyl (C=O) groups is 1. The second kappa shape index (κ2) is 8.75. The third-order valence-electron chi connectivity index (χ3n) is 4.77. The number of ether oxygens (including phenoxy) is 1. The maximum absolute atomic E-state index is 12.9. The lowest BCUT2D eigenvalue weighted by Gasteiger charge is -2.19. The van der Waals surface area contributed by atoms with E-state index in [9.17, 15) is 13.2 Å². The molecule has 6 nitrogen and oxygen atoms in total. The minimum Gasteiger partial charge on any atom is -0.491 e. The summed E-state index contributed by atoms with van der Waals surface area (Å²) in [5, 5.41) is 2.84. The molecule has 0 spiro atoms. The van der Waals surface area contributed by atoms with Gasteiger partial charge in [-0.1, -0.05) is 36.8 Å². The highest BCUT2D eigenvalue weighted by Gasteiger charge is 2.21. The number of nitrogens with one attached hydrogen (secondary N) is 1. The van der Waals surface area contributed by atoms with Gasteiger partial charge in [-0.15, -0.1) is 0 Å². The first-order valence-electron chi connectivity index (χ1n) is 9.48. The third-order valence-corrected chi connectivity index (χ3v) is 6.62. The number of rotatable bonds is 0. The summed E-state index contributed by atoms with van der Waals surface area (Å²) < 4.78 is 31.7. The van der Waals surface area contributed by atoms with E-state index in [1.807, 2.05) is 43.3 Å². The average molecular weight is 403 g/mol. The summed E-state index contributed by atoms with van der Waals surface area (Å²) in [5.41, 5.74) is 7.38. The van der Waals surface area contributed by atoms with Crippen LogP contribution in [-0.2, 0) is 14.6 Å². The molecule has 0 saturated carbocycles. The van der Waals surface area contributed by atoms with Gasteiger partial charge in [0.1, 0.15) is 12.4 Å². The van der Waals surface area contributed by atoms with Crippen LogP contribution in [0, 0.1) is 0 Å². The van der Waals surface area contributed by atoms with Gasteiger partial charge in [-0.2, -0.15) is 0 Å². The number of carbonyl (C=O) groups excluding carboxylic acids is 1. The molecule has 2 atom stereocenters. The van der Waals surface area contributed by atoms with Crippen LogP contribution in [0.4, 0.5) is 0 Å². The molecular formula is C21H26N2O4S. The topological polar surface area (TPSA) is 98.5 Å². The second-order valence-electron chi connectivity index (χ2n) is 7.17. The fraction of sp³-hybridized carbons (Fsp3) is 0.381. The lowest BCUT2D eigenvalue weighted by molar-refractivity contribution is -0.123. The summed E-state index contributed by atoms with van der Waals surface area (Å²) in [6.07, 6.45) is 1.46. The van der Waals surface area contributed by atoms with Crippen LogP contribution >= 0.6 is 0 Å². The Morgan fingerprint density at radius 1 is 1.11 bits per heavy atom. The Bertz CT molecular complexity index is 943. The Morgan fingerprint density at radius 2 is 1.89 bits per heavy atom. The van der Waals surface area contributed by atoms with Crippen molar-refractivity contribution in [3.63, 3.8) is 0 Å². The molecule has 0 aromatic heterocycles. The first kappa shape index (κ1) is 20.4. The molecule has 0 saturated heterocycles. The number of nitrogens with two attached hydrogens (primary N) is 1.